The lowest BCUT2D eigenvalue weighted by Crippen LogP contribution is -2.64. The molecule has 4 heterocycles. The Labute approximate surface area is 206 Å². The van der Waals surface area contributed by atoms with E-state index in [1.165, 1.54) is 16.8 Å². The summed E-state index contributed by atoms with van der Waals surface area (Å²) in [5, 5.41) is 30.5. The zero-order valence-electron chi connectivity index (χ0n) is 20.7. The van der Waals surface area contributed by atoms with Crippen LogP contribution in [0.1, 0.15) is 40.2 Å². The summed E-state index contributed by atoms with van der Waals surface area (Å²) in [6, 6.07) is 6.53. The monoisotopic (exact) mass is 496 g/mol. The lowest BCUT2D eigenvalue weighted by atomic mass is 9.78. The Balaban J connectivity index is 0.000000967. The number of halogens is 1. The number of aromatic nitrogens is 5. The molecule has 2 atom stereocenters. The first kappa shape index (κ1) is 25.2. The number of carbonyl (C=O) groups is 1. The minimum atomic E-state index is -1.11. The van der Waals surface area contributed by atoms with Crippen LogP contribution in [0.5, 0.6) is 5.75 Å². The van der Waals surface area contributed by atoms with E-state index < -0.39 is 11.7 Å². The average molecular weight is 497 g/mol. The highest BCUT2D eigenvalue weighted by Gasteiger charge is 2.47. The first-order valence-electron chi connectivity index (χ1n) is 11.4. The van der Waals surface area contributed by atoms with Crippen LogP contribution in [-0.4, -0.2) is 58.3 Å². The number of nitrogens with one attached hydrogen (secondary N) is 1. The predicted octanol–water partition coefficient (Wildman–Crippen LogP) is 3.18. The fourth-order valence-electron chi connectivity index (χ4n) is 5.17. The zero-order chi connectivity index (χ0) is 26.4. The summed E-state index contributed by atoms with van der Waals surface area (Å²) < 4.78 is 18.8. The fourth-order valence-corrected chi connectivity index (χ4v) is 5.17. The van der Waals surface area contributed by atoms with E-state index in [1.54, 1.807) is 13.1 Å². The van der Waals surface area contributed by atoms with E-state index in [4.69, 9.17) is 9.90 Å². The van der Waals surface area contributed by atoms with Crippen LogP contribution in [0, 0.1) is 0 Å². The summed E-state index contributed by atoms with van der Waals surface area (Å²) in [6.07, 6.45) is 2.61. The third-order valence-electron chi connectivity index (χ3n) is 6.60. The molecular formula is C25H29FN6O4. The molecule has 0 radical (unpaired) electrons. The Hall–Kier alpha value is -3.86. The topological polar surface area (TPSA) is 135 Å². The Kier molecular flexibility index (Phi) is 6.29. The maximum Gasteiger partial charge on any atom is 0.290 e. The van der Waals surface area contributed by atoms with E-state index in [2.05, 4.69) is 34.3 Å². The van der Waals surface area contributed by atoms with Crippen LogP contribution in [0.25, 0.3) is 33.3 Å². The van der Waals surface area contributed by atoms with Crippen molar-refractivity contribution in [3.8, 4) is 17.0 Å². The Bertz CT molecular complexity index is 1510. The Morgan fingerprint density at radius 3 is 2.58 bits per heavy atom. The lowest BCUT2D eigenvalue weighted by Gasteiger charge is -2.49. The number of aromatic hydroxyl groups is 1. The van der Waals surface area contributed by atoms with Crippen molar-refractivity contribution in [2.45, 2.75) is 57.4 Å². The third-order valence-corrected chi connectivity index (χ3v) is 6.60. The largest absolute Gasteiger partial charge is 0.507 e. The van der Waals surface area contributed by atoms with Crippen LogP contribution in [0.4, 0.5) is 4.39 Å². The zero-order valence-corrected chi connectivity index (χ0v) is 20.7. The van der Waals surface area contributed by atoms with Crippen LogP contribution >= 0.6 is 0 Å². The quantitative estimate of drug-likeness (QED) is 0.360. The van der Waals surface area contributed by atoms with E-state index in [1.807, 2.05) is 36.7 Å². The van der Waals surface area contributed by atoms with Gasteiger partial charge in [0.15, 0.2) is 5.65 Å². The molecule has 3 N–H and O–H groups in total. The highest BCUT2D eigenvalue weighted by molar-refractivity contribution is 5.87. The van der Waals surface area contributed by atoms with Crippen molar-refractivity contribution < 1.29 is 19.4 Å². The molecule has 0 aliphatic carbocycles. The van der Waals surface area contributed by atoms with Crippen LogP contribution in [0.2, 0.25) is 0 Å². The molecule has 36 heavy (non-hydrogen) atoms. The first-order valence-corrected chi connectivity index (χ1v) is 11.4. The highest BCUT2D eigenvalue weighted by Crippen LogP contribution is 2.40. The van der Waals surface area contributed by atoms with E-state index in [9.17, 15) is 9.90 Å². The molecule has 1 aliphatic heterocycles. The lowest BCUT2D eigenvalue weighted by molar-refractivity contribution is -0.122. The minimum absolute atomic E-state index is 0.0238. The molecule has 5 rings (SSSR count). The first-order chi connectivity index (χ1) is 16.9. The number of aryl methyl sites for hydroxylation is 1. The number of benzene rings is 1. The minimum Gasteiger partial charge on any atom is -0.507 e. The molecule has 0 bridgehead atoms. The summed E-state index contributed by atoms with van der Waals surface area (Å²) in [5.74, 6) is -0.0238. The molecule has 11 heteroatoms. The summed E-state index contributed by atoms with van der Waals surface area (Å²) in [6.45, 7) is 7.67. The third kappa shape index (κ3) is 4.41. The molecule has 0 amide bonds. The maximum atomic E-state index is 15.5. The number of hydrogen-bond acceptors (Lipinski definition) is 7. The van der Waals surface area contributed by atoms with Crippen LogP contribution in [0.15, 0.2) is 41.5 Å². The second-order valence-electron chi connectivity index (χ2n) is 10.3. The molecule has 0 unspecified atom stereocenters. The van der Waals surface area contributed by atoms with Crippen molar-refractivity contribution in [2.75, 3.05) is 0 Å². The van der Waals surface area contributed by atoms with Crippen molar-refractivity contribution in [1.29, 1.82) is 0 Å². The van der Waals surface area contributed by atoms with Crippen molar-refractivity contribution in [3.63, 3.8) is 0 Å². The molecule has 1 fully saturated rings. The number of alkyl halides is 1. The van der Waals surface area contributed by atoms with Gasteiger partial charge in [0.2, 0.25) is 0 Å². The van der Waals surface area contributed by atoms with Gasteiger partial charge in [-0.25, -0.2) is 9.37 Å². The van der Waals surface area contributed by atoms with E-state index in [0.29, 0.717) is 34.4 Å². The van der Waals surface area contributed by atoms with Gasteiger partial charge >= 0.3 is 0 Å². The predicted molar refractivity (Wildman–Crippen MR) is 134 cm³/mol. The molecule has 1 aromatic carbocycles. The number of piperidine rings is 1. The maximum absolute atomic E-state index is 15.5. The molecule has 10 nitrogen and oxygen atoms in total. The van der Waals surface area contributed by atoms with Gasteiger partial charge in [0.1, 0.15) is 11.9 Å². The van der Waals surface area contributed by atoms with Crippen molar-refractivity contribution in [3.05, 3.63) is 47.0 Å². The second kappa shape index (κ2) is 8.98. The molecule has 0 saturated carbocycles. The van der Waals surface area contributed by atoms with Gasteiger partial charge in [0.05, 0.1) is 29.0 Å². The van der Waals surface area contributed by atoms with Crippen molar-refractivity contribution in [1.82, 2.24) is 29.6 Å². The standard InChI is InChI=1S/C24H27FN6O2.CH2O2/c1-23(2)11-18(21(25)24(3,4)29-23)31-7-6-13-8-15(27-28-22(13)31)14-9-16-17(10-19(14)32)30(5)20(33)12-26-16;2-1-3/h6-10,12,18,21,29,32H,11H2,1-5H3;1H,(H,2,3)/t18-,21-;/m0./s1. The highest BCUT2D eigenvalue weighted by atomic mass is 19.1. The van der Waals surface area contributed by atoms with Gasteiger partial charge in [-0.1, -0.05) is 0 Å². The molecule has 190 valence electrons. The van der Waals surface area contributed by atoms with E-state index in [-0.39, 0.29) is 29.4 Å². The summed E-state index contributed by atoms with van der Waals surface area (Å²) in [7, 11) is 1.63. The number of fused-ring (bicyclic) bond motifs is 2. The summed E-state index contributed by atoms with van der Waals surface area (Å²) >= 11 is 0. The summed E-state index contributed by atoms with van der Waals surface area (Å²) in [5.41, 5.74) is 1.44. The van der Waals surface area contributed by atoms with Gasteiger partial charge in [-0.05, 0) is 52.3 Å². The molecular weight excluding hydrogens is 467 g/mol. The van der Waals surface area contributed by atoms with Gasteiger partial charge < -0.3 is 24.7 Å². The van der Waals surface area contributed by atoms with Crippen LogP contribution < -0.4 is 10.9 Å². The van der Waals surface area contributed by atoms with E-state index >= 15 is 4.39 Å². The number of hydrogen-bond donors (Lipinski definition) is 3. The van der Waals surface area contributed by atoms with Crippen LogP contribution in [-0.2, 0) is 11.8 Å². The SMILES string of the molecule is Cn1c(=O)cnc2cc(-c3cc4ccn([C@H]5CC(C)(C)NC(C)(C)[C@H]5F)c4nn3)c(O)cc21.O=CO. The molecule has 1 saturated heterocycles. The van der Waals surface area contributed by atoms with Gasteiger partial charge in [-0.2, -0.15) is 0 Å². The van der Waals surface area contributed by atoms with Gasteiger partial charge in [0.25, 0.3) is 12.0 Å². The van der Waals surface area contributed by atoms with Gasteiger partial charge in [-0.3, -0.25) is 9.59 Å². The molecule has 4 aromatic rings. The van der Waals surface area contributed by atoms with E-state index in [0.717, 1.165) is 5.39 Å². The average Bonchev–Trinajstić information content (AvgIpc) is 3.22. The Morgan fingerprint density at radius 2 is 1.89 bits per heavy atom. The fraction of sp³-hybridized carbons (Fsp3) is 0.400. The number of carboxylic acid groups (broad SMARTS) is 1. The number of phenols is 1. The number of rotatable bonds is 2. The van der Waals surface area contributed by atoms with Crippen molar-refractivity contribution in [2.24, 2.45) is 7.05 Å². The summed E-state index contributed by atoms with van der Waals surface area (Å²) in [4.78, 5) is 24.4. The number of nitrogens with zero attached hydrogens (tertiary/aromatic N) is 5. The molecule has 1 aliphatic rings. The van der Waals surface area contributed by atoms with Gasteiger partial charge in [0, 0.05) is 41.3 Å². The normalized spacial score (nSPS) is 20.6. The smallest absolute Gasteiger partial charge is 0.290 e. The van der Waals surface area contributed by atoms with Gasteiger partial charge in [-0.15, -0.1) is 10.2 Å². The molecule has 0 spiro atoms. The Morgan fingerprint density at radius 1 is 1.19 bits per heavy atom. The van der Waals surface area contributed by atoms with Crippen LogP contribution in [0.3, 0.4) is 0 Å². The second-order valence-corrected chi connectivity index (χ2v) is 10.3. The van der Waals surface area contributed by atoms with Crippen molar-refractivity contribution >= 4 is 28.5 Å². The number of phenolic OH excluding ortho intramolecular Hbond substituents is 1. The molecule has 3 aromatic heterocycles.